The quantitative estimate of drug-likeness (QED) is 0.890. The fourth-order valence-electron chi connectivity index (χ4n) is 1.80. The average Bonchev–Trinajstić information content (AvgIpc) is 3.08. The van der Waals surface area contributed by atoms with E-state index < -0.39 is 18.6 Å². The third kappa shape index (κ3) is 3.58. The number of thiophene rings is 1. The molecule has 1 aromatic heterocycles. The molecule has 0 atom stereocenters. The van der Waals surface area contributed by atoms with E-state index in [1.165, 1.54) is 7.05 Å². The molecular formula is C12H13F3N4OS. The largest absolute Gasteiger partial charge is 0.405 e. The lowest BCUT2D eigenvalue weighted by Gasteiger charge is -2.19. The van der Waals surface area contributed by atoms with Gasteiger partial charge in [0.15, 0.2) is 0 Å². The molecule has 1 fully saturated rings. The molecule has 21 heavy (non-hydrogen) atoms. The first-order chi connectivity index (χ1) is 9.73. The van der Waals surface area contributed by atoms with Gasteiger partial charge in [0.2, 0.25) is 0 Å². The number of rotatable bonds is 4. The third-order valence-electron chi connectivity index (χ3n) is 2.92. The zero-order valence-corrected chi connectivity index (χ0v) is 11.9. The molecule has 0 unspecified atom stereocenters. The second-order valence-corrected chi connectivity index (χ2v) is 5.85. The molecule has 0 radical (unpaired) electrons. The number of nitrogens with zero attached hydrogens (tertiary/aromatic N) is 2. The van der Waals surface area contributed by atoms with E-state index in [1.807, 2.05) is 0 Å². The minimum absolute atomic E-state index is 0.0493. The van der Waals surface area contributed by atoms with Crippen LogP contribution in [-0.2, 0) is 0 Å². The number of nitrogens with two attached hydrogens (primary N) is 1. The van der Waals surface area contributed by atoms with Crippen molar-refractivity contribution < 1.29 is 18.0 Å². The molecule has 1 amide bonds. The SMILES string of the molecule is CN(CC(F)(F)F)c1sc(C(=O)NC2CC2)c(N)c1C#N. The van der Waals surface area contributed by atoms with Gasteiger partial charge < -0.3 is 16.0 Å². The summed E-state index contributed by atoms with van der Waals surface area (Å²) in [5.41, 5.74) is 5.58. The Morgan fingerprint density at radius 3 is 2.67 bits per heavy atom. The Morgan fingerprint density at radius 1 is 1.57 bits per heavy atom. The molecule has 9 heteroatoms. The van der Waals surface area contributed by atoms with Crippen LogP contribution < -0.4 is 16.0 Å². The lowest BCUT2D eigenvalue weighted by molar-refractivity contribution is -0.119. The van der Waals surface area contributed by atoms with Crippen LogP contribution in [0.4, 0.5) is 23.9 Å². The summed E-state index contributed by atoms with van der Waals surface area (Å²) < 4.78 is 37.3. The van der Waals surface area contributed by atoms with Gasteiger partial charge in [-0.2, -0.15) is 18.4 Å². The highest BCUT2D eigenvalue weighted by molar-refractivity contribution is 7.19. The normalized spacial score (nSPS) is 14.6. The highest BCUT2D eigenvalue weighted by Gasteiger charge is 2.33. The number of anilines is 2. The number of carbonyl (C=O) groups excluding carboxylic acids is 1. The number of nitrogens with one attached hydrogen (secondary N) is 1. The summed E-state index contributed by atoms with van der Waals surface area (Å²) in [7, 11) is 1.21. The van der Waals surface area contributed by atoms with Crippen molar-refractivity contribution in [2.24, 2.45) is 0 Å². The van der Waals surface area contributed by atoms with Gasteiger partial charge in [0.05, 0.1) is 5.69 Å². The summed E-state index contributed by atoms with van der Waals surface area (Å²) in [6, 6.07) is 1.87. The van der Waals surface area contributed by atoms with E-state index in [2.05, 4.69) is 5.32 Å². The number of hydrogen-bond acceptors (Lipinski definition) is 5. The minimum atomic E-state index is -4.41. The highest BCUT2D eigenvalue weighted by Crippen LogP contribution is 2.38. The van der Waals surface area contributed by atoms with Gasteiger partial charge in [-0.3, -0.25) is 4.79 Å². The molecule has 1 aliphatic carbocycles. The number of nitrogen functional groups attached to an aromatic ring is 1. The molecule has 1 aromatic rings. The molecule has 3 N–H and O–H groups in total. The average molecular weight is 318 g/mol. The first kappa shape index (κ1) is 15.4. The predicted molar refractivity (Wildman–Crippen MR) is 73.3 cm³/mol. The summed E-state index contributed by atoms with van der Waals surface area (Å²) in [4.78, 5) is 12.9. The minimum Gasteiger partial charge on any atom is -0.396 e. The molecule has 1 saturated carbocycles. The Morgan fingerprint density at radius 2 is 2.19 bits per heavy atom. The first-order valence-corrected chi connectivity index (χ1v) is 6.95. The van der Waals surface area contributed by atoms with E-state index in [0.29, 0.717) is 0 Å². The lowest BCUT2D eigenvalue weighted by Crippen LogP contribution is -2.30. The Balaban J connectivity index is 2.29. The van der Waals surface area contributed by atoms with Gasteiger partial charge >= 0.3 is 6.18 Å². The molecule has 2 rings (SSSR count). The highest BCUT2D eigenvalue weighted by atomic mass is 32.1. The van der Waals surface area contributed by atoms with Crippen LogP contribution in [0.1, 0.15) is 28.1 Å². The van der Waals surface area contributed by atoms with Crippen LogP contribution in [-0.4, -0.2) is 31.7 Å². The monoisotopic (exact) mass is 318 g/mol. The van der Waals surface area contributed by atoms with Crippen LogP contribution in [0.15, 0.2) is 0 Å². The predicted octanol–water partition coefficient (Wildman–Crippen LogP) is 2.09. The van der Waals surface area contributed by atoms with Crippen LogP contribution in [0.3, 0.4) is 0 Å². The van der Waals surface area contributed by atoms with Gasteiger partial charge in [0.1, 0.15) is 28.1 Å². The molecular weight excluding hydrogens is 305 g/mol. The van der Waals surface area contributed by atoms with Gasteiger partial charge in [0, 0.05) is 13.1 Å². The molecule has 0 spiro atoms. The van der Waals surface area contributed by atoms with Crippen molar-refractivity contribution in [3.63, 3.8) is 0 Å². The lowest BCUT2D eigenvalue weighted by atomic mass is 10.2. The fourth-order valence-corrected chi connectivity index (χ4v) is 2.83. The Labute approximate surface area is 123 Å². The van der Waals surface area contributed by atoms with E-state index in [4.69, 9.17) is 11.0 Å². The molecule has 0 bridgehead atoms. The van der Waals surface area contributed by atoms with Crippen molar-refractivity contribution >= 4 is 27.9 Å². The number of alkyl halides is 3. The second-order valence-electron chi connectivity index (χ2n) is 4.86. The maximum Gasteiger partial charge on any atom is 0.405 e. The second kappa shape index (κ2) is 5.44. The zero-order chi connectivity index (χ0) is 15.8. The van der Waals surface area contributed by atoms with Crippen LogP contribution >= 0.6 is 11.3 Å². The van der Waals surface area contributed by atoms with E-state index in [0.717, 1.165) is 29.1 Å². The van der Waals surface area contributed by atoms with Gasteiger partial charge in [-0.1, -0.05) is 0 Å². The summed E-state index contributed by atoms with van der Waals surface area (Å²) in [6.45, 7) is -1.22. The summed E-state index contributed by atoms with van der Waals surface area (Å²) in [5, 5.41) is 11.8. The zero-order valence-electron chi connectivity index (χ0n) is 11.1. The van der Waals surface area contributed by atoms with Crippen molar-refractivity contribution in [2.45, 2.75) is 25.1 Å². The van der Waals surface area contributed by atoms with Crippen molar-refractivity contribution in [1.82, 2.24) is 5.32 Å². The summed E-state index contributed by atoms with van der Waals surface area (Å²) in [6.07, 6.45) is -2.65. The number of hydrogen-bond donors (Lipinski definition) is 2. The number of amides is 1. The molecule has 0 saturated heterocycles. The first-order valence-electron chi connectivity index (χ1n) is 6.14. The molecule has 1 aliphatic rings. The van der Waals surface area contributed by atoms with Gasteiger partial charge in [-0.15, -0.1) is 11.3 Å². The van der Waals surface area contributed by atoms with Crippen LogP contribution in [0.5, 0.6) is 0 Å². The Kier molecular flexibility index (Phi) is 4.00. The maximum absolute atomic E-state index is 12.4. The maximum atomic E-state index is 12.4. The van der Waals surface area contributed by atoms with Gasteiger partial charge in [-0.25, -0.2) is 0 Å². The van der Waals surface area contributed by atoms with E-state index in [9.17, 15) is 18.0 Å². The summed E-state index contributed by atoms with van der Waals surface area (Å²) in [5.74, 6) is -0.442. The molecule has 1 heterocycles. The molecule has 5 nitrogen and oxygen atoms in total. The van der Waals surface area contributed by atoms with Crippen LogP contribution in [0.2, 0.25) is 0 Å². The number of carbonyl (C=O) groups is 1. The fraction of sp³-hybridized carbons (Fsp3) is 0.500. The van der Waals surface area contributed by atoms with Crippen LogP contribution in [0, 0.1) is 11.3 Å². The van der Waals surface area contributed by atoms with E-state index in [1.54, 1.807) is 6.07 Å². The number of nitriles is 1. The van der Waals surface area contributed by atoms with E-state index >= 15 is 0 Å². The van der Waals surface area contributed by atoms with Crippen molar-refractivity contribution in [3.8, 4) is 6.07 Å². The van der Waals surface area contributed by atoms with E-state index in [-0.39, 0.29) is 27.2 Å². The third-order valence-corrected chi connectivity index (χ3v) is 4.24. The smallest absolute Gasteiger partial charge is 0.396 e. The van der Waals surface area contributed by atoms with Crippen molar-refractivity contribution in [2.75, 3.05) is 24.2 Å². The standard InChI is InChI=1S/C12H13F3N4OS/c1-19(5-12(13,14)15)11-7(4-16)8(17)9(21-11)10(20)18-6-2-3-6/h6H,2-3,5,17H2,1H3,(H,18,20). The molecule has 0 aliphatic heterocycles. The molecule has 114 valence electrons. The van der Waals surface area contributed by atoms with Crippen molar-refractivity contribution in [3.05, 3.63) is 10.4 Å². The van der Waals surface area contributed by atoms with Crippen molar-refractivity contribution in [1.29, 1.82) is 5.26 Å². The Bertz CT molecular complexity index is 601. The number of halogens is 3. The van der Waals surface area contributed by atoms with Gasteiger partial charge in [-0.05, 0) is 12.8 Å². The molecule has 0 aromatic carbocycles. The Hall–Kier alpha value is -1.95. The topological polar surface area (TPSA) is 82.2 Å². The van der Waals surface area contributed by atoms with Crippen LogP contribution in [0.25, 0.3) is 0 Å². The summed E-state index contributed by atoms with van der Waals surface area (Å²) >= 11 is 0.804. The van der Waals surface area contributed by atoms with Gasteiger partial charge in [0.25, 0.3) is 5.91 Å².